The molecule has 2 rings (SSSR count). The molecule has 0 heterocycles. The third-order valence-corrected chi connectivity index (χ3v) is 5.01. The van der Waals surface area contributed by atoms with Crippen molar-refractivity contribution >= 4 is 13.7 Å². The maximum absolute atomic E-state index is 10.2. The van der Waals surface area contributed by atoms with Crippen molar-refractivity contribution < 1.29 is 9.42 Å². The van der Waals surface area contributed by atoms with Crippen LogP contribution in [0.1, 0.15) is 34.7 Å². The van der Waals surface area contributed by atoms with Crippen LogP contribution in [0.4, 0.5) is 0 Å². The Morgan fingerprint density at radius 2 is 1.67 bits per heavy atom. The second kappa shape index (κ2) is 7.17. The molecule has 21 heavy (non-hydrogen) atoms. The van der Waals surface area contributed by atoms with Crippen LogP contribution in [-0.4, -0.2) is 11.5 Å². The molecular formula is C18H23O2P. The van der Waals surface area contributed by atoms with E-state index in [4.69, 9.17) is 4.52 Å². The standard InChI is InChI=1S/C18H23O2P/c1-5-20-21(19)18-9-7-6-8-16(18)12-17-14(3)10-13(2)11-15(17)4/h6-11,19H,5,12H2,1-4H3. The molecule has 2 aromatic carbocycles. The summed E-state index contributed by atoms with van der Waals surface area (Å²) >= 11 is 0. The Balaban J connectivity index is 2.36. The Labute approximate surface area is 128 Å². The molecule has 112 valence electrons. The third kappa shape index (κ3) is 3.91. The largest absolute Gasteiger partial charge is 0.346 e. The van der Waals surface area contributed by atoms with E-state index in [-0.39, 0.29) is 0 Å². The van der Waals surface area contributed by atoms with Crippen molar-refractivity contribution in [2.45, 2.75) is 34.1 Å². The van der Waals surface area contributed by atoms with Crippen molar-refractivity contribution in [1.82, 2.24) is 0 Å². The maximum Gasteiger partial charge on any atom is 0.202 e. The van der Waals surface area contributed by atoms with Crippen LogP contribution < -0.4 is 5.30 Å². The molecule has 3 heteroatoms. The van der Waals surface area contributed by atoms with Crippen LogP contribution in [0.15, 0.2) is 36.4 Å². The Morgan fingerprint density at radius 3 is 2.29 bits per heavy atom. The first-order valence-corrected chi connectivity index (χ1v) is 8.50. The first-order valence-electron chi connectivity index (χ1n) is 7.29. The van der Waals surface area contributed by atoms with Crippen molar-refractivity contribution in [3.05, 3.63) is 64.2 Å². The average molecular weight is 302 g/mol. The summed E-state index contributed by atoms with van der Waals surface area (Å²) < 4.78 is 5.41. The minimum Gasteiger partial charge on any atom is -0.346 e. The molecule has 0 saturated carbocycles. The summed E-state index contributed by atoms with van der Waals surface area (Å²) in [6, 6.07) is 12.5. The summed E-state index contributed by atoms with van der Waals surface area (Å²) in [4.78, 5) is 10.2. The number of aryl methyl sites for hydroxylation is 3. The summed E-state index contributed by atoms with van der Waals surface area (Å²) in [5.41, 5.74) is 6.39. The molecule has 2 nitrogen and oxygen atoms in total. The first-order chi connectivity index (χ1) is 10.0. The van der Waals surface area contributed by atoms with Gasteiger partial charge in [-0.2, -0.15) is 0 Å². The monoisotopic (exact) mass is 302 g/mol. The van der Waals surface area contributed by atoms with Crippen LogP contribution in [0.25, 0.3) is 0 Å². The van der Waals surface area contributed by atoms with Gasteiger partial charge in [0.1, 0.15) is 0 Å². The van der Waals surface area contributed by atoms with Crippen LogP contribution in [-0.2, 0) is 10.9 Å². The summed E-state index contributed by atoms with van der Waals surface area (Å²) in [7, 11) is -1.52. The molecule has 1 N–H and O–H groups in total. The molecule has 0 amide bonds. The molecular weight excluding hydrogens is 279 g/mol. The summed E-state index contributed by atoms with van der Waals surface area (Å²) in [6.45, 7) is 8.87. The predicted octanol–water partition coefficient (Wildman–Crippen LogP) is 4.17. The predicted molar refractivity (Wildman–Crippen MR) is 90.3 cm³/mol. The quantitative estimate of drug-likeness (QED) is 0.840. The van der Waals surface area contributed by atoms with E-state index in [9.17, 15) is 4.89 Å². The molecule has 1 unspecified atom stereocenters. The van der Waals surface area contributed by atoms with Crippen LogP contribution in [0, 0.1) is 20.8 Å². The zero-order chi connectivity index (χ0) is 15.4. The van der Waals surface area contributed by atoms with Crippen molar-refractivity contribution in [1.29, 1.82) is 0 Å². The molecule has 0 aliphatic rings. The number of hydrogen-bond acceptors (Lipinski definition) is 2. The van der Waals surface area contributed by atoms with Crippen molar-refractivity contribution in [3.8, 4) is 0 Å². The number of hydrogen-bond donors (Lipinski definition) is 1. The molecule has 0 aliphatic carbocycles. The molecule has 0 bridgehead atoms. The first kappa shape index (κ1) is 16.2. The van der Waals surface area contributed by atoms with Gasteiger partial charge >= 0.3 is 0 Å². The average Bonchev–Trinajstić information content (AvgIpc) is 2.43. The van der Waals surface area contributed by atoms with E-state index >= 15 is 0 Å². The topological polar surface area (TPSA) is 29.5 Å². The minimum atomic E-state index is -1.52. The molecule has 2 aromatic rings. The fourth-order valence-corrected chi connectivity index (χ4v) is 3.71. The highest BCUT2D eigenvalue weighted by molar-refractivity contribution is 7.55. The normalized spacial score (nSPS) is 12.4. The molecule has 0 aromatic heterocycles. The smallest absolute Gasteiger partial charge is 0.202 e. The third-order valence-electron chi connectivity index (χ3n) is 3.66. The maximum atomic E-state index is 10.2. The summed E-state index contributed by atoms with van der Waals surface area (Å²) in [6.07, 6.45) is 0.834. The van der Waals surface area contributed by atoms with Gasteiger partial charge in [-0.25, -0.2) is 0 Å². The van der Waals surface area contributed by atoms with E-state index in [1.807, 2.05) is 25.1 Å². The molecule has 0 saturated heterocycles. The molecule has 0 fully saturated rings. The van der Waals surface area contributed by atoms with Gasteiger partial charge in [-0.1, -0.05) is 35.9 Å². The van der Waals surface area contributed by atoms with Crippen molar-refractivity contribution in [3.63, 3.8) is 0 Å². The van der Waals surface area contributed by atoms with E-state index in [0.29, 0.717) is 6.61 Å². The Kier molecular flexibility index (Phi) is 5.52. The van der Waals surface area contributed by atoms with Gasteiger partial charge in [-0.3, -0.25) is 0 Å². The lowest BCUT2D eigenvalue weighted by molar-refractivity contribution is 0.337. The van der Waals surface area contributed by atoms with Gasteiger partial charge in [0.15, 0.2) is 0 Å². The van der Waals surface area contributed by atoms with Gasteiger partial charge in [0.05, 0.1) is 6.61 Å². The number of rotatable bonds is 5. The second-order valence-electron chi connectivity index (χ2n) is 5.37. The van der Waals surface area contributed by atoms with Gasteiger partial charge < -0.3 is 9.42 Å². The van der Waals surface area contributed by atoms with Gasteiger partial charge in [-0.15, -0.1) is 0 Å². The van der Waals surface area contributed by atoms with E-state index in [2.05, 4.69) is 39.0 Å². The fraction of sp³-hybridized carbons (Fsp3) is 0.333. The van der Waals surface area contributed by atoms with E-state index in [0.717, 1.165) is 17.3 Å². The highest BCUT2D eigenvalue weighted by Gasteiger charge is 2.15. The number of benzene rings is 2. The van der Waals surface area contributed by atoms with E-state index in [1.165, 1.54) is 22.3 Å². The SMILES string of the molecule is CCOP(O)c1ccccc1Cc1c(C)cc(C)cc1C. The summed E-state index contributed by atoms with van der Waals surface area (Å²) in [5, 5.41) is 0.925. The minimum absolute atomic E-state index is 0.527. The van der Waals surface area contributed by atoms with E-state index < -0.39 is 8.38 Å². The van der Waals surface area contributed by atoms with Crippen LogP contribution in [0.3, 0.4) is 0 Å². The van der Waals surface area contributed by atoms with Gasteiger partial charge in [0.25, 0.3) is 0 Å². The zero-order valence-electron chi connectivity index (χ0n) is 13.2. The van der Waals surface area contributed by atoms with Crippen LogP contribution in [0.5, 0.6) is 0 Å². The Bertz CT molecular complexity index is 599. The van der Waals surface area contributed by atoms with Crippen LogP contribution in [0.2, 0.25) is 0 Å². The molecule has 0 radical (unpaired) electrons. The lowest BCUT2D eigenvalue weighted by Gasteiger charge is -2.17. The lowest BCUT2D eigenvalue weighted by atomic mass is 9.94. The zero-order valence-corrected chi connectivity index (χ0v) is 14.1. The second-order valence-corrected chi connectivity index (χ2v) is 6.66. The van der Waals surface area contributed by atoms with Crippen LogP contribution >= 0.6 is 8.38 Å². The lowest BCUT2D eigenvalue weighted by Crippen LogP contribution is -2.11. The fourth-order valence-electron chi connectivity index (χ4n) is 2.72. The highest BCUT2D eigenvalue weighted by Crippen LogP contribution is 2.32. The van der Waals surface area contributed by atoms with Gasteiger partial charge in [0.2, 0.25) is 8.38 Å². The van der Waals surface area contributed by atoms with Gasteiger partial charge in [0, 0.05) is 5.30 Å². The van der Waals surface area contributed by atoms with Gasteiger partial charge in [-0.05, 0) is 62.4 Å². The summed E-state index contributed by atoms with van der Waals surface area (Å²) in [5.74, 6) is 0. The highest BCUT2D eigenvalue weighted by atomic mass is 31.2. The van der Waals surface area contributed by atoms with E-state index in [1.54, 1.807) is 0 Å². The molecule has 1 atom stereocenters. The van der Waals surface area contributed by atoms with Crippen molar-refractivity contribution in [2.24, 2.45) is 0 Å². The molecule has 0 spiro atoms. The van der Waals surface area contributed by atoms with Crippen molar-refractivity contribution in [2.75, 3.05) is 6.61 Å². The molecule has 0 aliphatic heterocycles. The Hall–Kier alpha value is -1.21. The Morgan fingerprint density at radius 1 is 1.05 bits per heavy atom.